The molecule has 0 spiro atoms. The Morgan fingerprint density at radius 1 is 1.32 bits per heavy atom. The Morgan fingerprint density at radius 2 is 2.14 bits per heavy atom. The van der Waals surface area contributed by atoms with Gasteiger partial charge in [-0.3, -0.25) is 0 Å². The van der Waals surface area contributed by atoms with Crippen LogP contribution in [0.1, 0.15) is 19.3 Å². The van der Waals surface area contributed by atoms with Crippen LogP contribution in [0.4, 0.5) is 10.5 Å². The predicted molar refractivity (Wildman–Crippen MR) is 84.0 cm³/mol. The summed E-state index contributed by atoms with van der Waals surface area (Å²) in [4.78, 5) is 14.1. The third-order valence-electron chi connectivity index (χ3n) is 3.99. The van der Waals surface area contributed by atoms with Gasteiger partial charge in [-0.2, -0.15) is 5.10 Å². The number of aliphatic hydroxyl groups is 1. The van der Waals surface area contributed by atoms with Gasteiger partial charge in [0.05, 0.1) is 18.3 Å². The number of piperidine rings is 1. The number of urea groups is 1. The number of amides is 2. The number of benzene rings is 1. The minimum atomic E-state index is -0.148. The fraction of sp³-hybridized carbons (Fsp3) is 0.375. The van der Waals surface area contributed by atoms with Crippen molar-refractivity contribution >= 4 is 11.7 Å². The van der Waals surface area contributed by atoms with Crippen LogP contribution in [0, 0.1) is 0 Å². The van der Waals surface area contributed by atoms with Gasteiger partial charge >= 0.3 is 6.03 Å². The lowest BCUT2D eigenvalue weighted by Gasteiger charge is -2.34. The van der Waals surface area contributed by atoms with Gasteiger partial charge in [0, 0.05) is 24.6 Å². The highest BCUT2D eigenvalue weighted by atomic mass is 16.3. The lowest BCUT2D eigenvalue weighted by molar-refractivity contribution is 0.115. The Morgan fingerprint density at radius 3 is 2.82 bits per heavy atom. The second kappa shape index (κ2) is 6.62. The highest BCUT2D eigenvalue weighted by Gasteiger charge is 2.25. The molecular formula is C16H20N4O2. The number of nitrogens with one attached hydrogen (secondary N) is 1. The highest BCUT2D eigenvalue weighted by molar-refractivity contribution is 5.89. The van der Waals surface area contributed by atoms with Crippen molar-refractivity contribution in [2.75, 3.05) is 18.5 Å². The third-order valence-corrected chi connectivity index (χ3v) is 3.99. The van der Waals surface area contributed by atoms with Gasteiger partial charge < -0.3 is 15.3 Å². The van der Waals surface area contributed by atoms with Gasteiger partial charge in [0.1, 0.15) is 0 Å². The lowest BCUT2D eigenvalue weighted by atomic mass is 10.0. The number of hydrogen-bond donors (Lipinski definition) is 2. The SMILES string of the molecule is O=C(Nc1ccc(-n2cccn2)cc1)N1CCCC[C@H]1CO. The van der Waals surface area contributed by atoms with Crippen molar-refractivity contribution in [3.63, 3.8) is 0 Å². The maximum atomic E-state index is 12.3. The number of aliphatic hydroxyl groups excluding tert-OH is 1. The molecule has 1 atom stereocenters. The van der Waals surface area contributed by atoms with E-state index in [0.717, 1.165) is 30.6 Å². The second-order valence-electron chi connectivity index (χ2n) is 5.45. The summed E-state index contributed by atoms with van der Waals surface area (Å²) in [6.07, 6.45) is 6.51. The predicted octanol–water partition coefficient (Wildman–Crippen LogP) is 2.25. The quantitative estimate of drug-likeness (QED) is 0.913. The number of hydrogen-bond acceptors (Lipinski definition) is 3. The molecule has 1 aliphatic rings. The van der Waals surface area contributed by atoms with Crippen LogP contribution in [0.25, 0.3) is 5.69 Å². The number of anilines is 1. The maximum Gasteiger partial charge on any atom is 0.322 e. The van der Waals surface area contributed by atoms with Crippen LogP contribution in [-0.2, 0) is 0 Å². The summed E-state index contributed by atoms with van der Waals surface area (Å²) in [7, 11) is 0. The lowest BCUT2D eigenvalue weighted by Crippen LogP contribution is -2.47. The molecule has 1 fully saturated rings. The molecule has 0 bridgehead atoms. The smallest absolute Gasteiger partial charge is 0.322 e. The van der Waals surface area contributed by atoms with E-state index in [1.165, 1.54) is 0 Å². The van der Waals surface area contributed by atoms with Crippen molar-refractivity contribution in [1.29, 1.82) is 0 Å². The normalized spacial score (nSPS) is 18.2. The van der Waals surface area contributed by atoms with Gasteiger partial charge in [-0.15, -0.1) is 0 Å². The van der Waals surface area contributed by atoms with Crippen molar-refractivity contribution in [3.8, 4) is 5.69 Å². The van der Waals surface area contributed by atoms with Crippen molar-refractivity contribution in [2.24, 2.45) is 0 Å². The molecule has 0 radical (unpaired) electrons. The first-order valence-corrected chi connectivity index (χ1v) is 7.56. The molecule has 0 aliphatic carbocycles. The number of likely N-dealkylation sites (tertiary alicyclic amines) is 1. The first kappa shape index (κ1) is 14.6. The molecule has 0 saturated carbocycles. The fourth-order valence-electron chi connectivity index (χ4n) is 2.77. The van der Waals surface area contributed by atoms with E-state index in [4.69, 9.17) is 0 Å². The van der Waals surface area contributed by atoms with E-state index >= 15 is 0 Å². The molecule has 1 aromatic carbocycles. The van der Waals surface area contributed by atoms with E-state index in [1.54, 1.807) is 15.8 Å². The van der Waals surface area contributed by atoms with Gasteiger partial charge in [0.15, 0.2) is 0 Å². The number of aromatic nitrogens is 2. The summed E-state index contributed by atoms with van der Waals surface area (Å²) >= 11 is 0. The molecule has 2 heterocycles. The van der Waals surface area contributed by atoms with Crippen LogP contribution < -0.4 is 5.32 Å². The highest BCUT2D eigenvalue weighted by Crippen LogP contribution is 2.19. The molecule has 2 amide bonds. The average Bonchev–Trinajstić information content (AvgIpc) is 3.10. The number of carbonyl (C=O) groups excluding carboxylic acids is 1. The zero-order valence-electron chi connectivity index (χ0n) is 12.4. The minimum Gasteiger partial charge on any atom is -0.394 e. The molecule has 1 aromatic heterocycles. The summed E-state index contributed by atoms with van der Waals surface area (Å²) in [5.74, 6) is 0. The molecule has 22 heavy (non-hydrogen) atoms. The Hall–Kier alpha value is -2.34. The molecule has 1 saturated heterocycles. The summed E-state index contributed by atoms with van der Waals surface area (Å²) in [5, 5.41) is 16.4. The largest absolute Gasteiger partial charge is 0.394 e. The third kappa shape index (κ3) is 3.12. The minimum absolute atomic E-state index is 0.0195. The zero-order valence-corrected chi connectivity index (χ0v) is 12.4. The first-order valence-electron chi connectivity index (χ1n) is 7.56. The van der Waals surface area contributed by atoms with Gasteiger partial charge in [-0.25, -0.2) is 9.48 Å². The zero-order chi connectivity index (χ0) is 15.4. The molecule has 2 N–H and O–H groups in total. The number of nitrogens with zero attached hydrogens (tertiary/aromatic N) is 3. The Bertz CT molecular complexity index is 610. The van der Waals surface area contributed by atoms with E-state index in [0.29, 0.717) is 6.54 Å². The molecule has 3 rings (SSSR count). The van der Waals surface area contributed by atoms with Crippen molar-refractivity contribution in [2.45, 2.75) is 25.3 Å². The molecule has 2 aromatic rings. The van der Waals surface area contributed by atoms with E-state index in [1.807, 2.05) is 36.5 Å². The monoisotopic (exact) mass is 300 g/mol. The molecule has 116 valence electrons. The van der Waals surface area contributed by atoms with E-state index in [2.05, 4.69) is 10.4 Å². The van der Waals surface area contributed by atoms with Gasteiger partial charge in [0.2, 0.25) is 0 Å². The Labute approximate surface area is 129 Å². The van der Waals surface area contributed by atoms with E-state index in [-0.39, 0.29) is 18.7 Å². The van der Waals surface area contributed by atoms with Gasteiger partial charge in [-0.1, -0.05) is 0 Å². The van der Waals surface area contributed by atoms with E-state index < -0.39 is 0 Å². The Balaban J connectivity index is 1.66. The maximum absolute atomic E-state index is 12.3. The van der Waals surface area contributed by atoms with Crippen LogP contribution in [0.5, 0.6) is 0 Å². The number of rotatable bonds is 3. The molecular weight excluding hydrogens is 280 g/mol. The molecule has 6 nitrogen and oxygen atoms in total. The van der Waals surface area contributed by atoms with Crippen molar-refractivity contribution < 1.29 is 9.90 Å². The van der Waals surface area contributed by atoms with E-state index in [9.17, 15) is 9.90 Å². The standard InChI is InChI=1S/C16H20N4O2/c21-12-15-4-1-2-10-19(15)16(22)18-13-5-7-14(8-6-13)20-11-3-9-17-20/h3,5-9,11,15,21H,1-2,4,10,12H2,(H,18,22)/t15-/m0/s1. The van der Waals surface area contributed by atoms with Crippen LogP contribution >= 0.6 is 0 Å². The van der Waals surface area contributed by atoms with Gasteiger partial charge in [-0.05, 0) is 49.6 Å². The Kier molecular flexibility index (Phi) is 4.39. The van der Waals surface area contributed by atoms with Crippen molar-refractivity contribution in [3.05, 3.63) is 42.7 Å². The van der Waals surface area contributed by atoms with Crippen molar-refractivity contribution in [1.82, 2.24) is 14.7 Å². The summed E-state index contributed by atoms with van der Waals surface area (Å²) < 4.78 is 1.76. The molecule has 1 aliphatic heterocycles. The summed E-state index contributed by atoms with van der Waals surface area (Å²) in [5.41, 5.74) is 1.68. The van der Waals surface area contributed by atoms with Crippen LogP contribution in [-0.4, -0.2) is 45.0 Å². The van der Waals surface area contributed by atoms with Crippen LogP contribution in [0.3, 0.4) is 0 Å². The van der Waals surface area contributed by atoms with Crippen LogP contribution in [0.2, 0.25) is 0 Å². The molecule has 0 unspecified atom stereocenters. The summed E-state index contributed by atoms with van der Waals surface area (Å²) in [6, 6.07) is 9.16. The topological polar surface area (TPSA) is 70.4 Å². The fourth-order valence-corrected chi connectivity index (χ4v) is 2.77. The number of carbonyl (C=O) groups is 1. The first-order chi connectivity index (χ1) is 10.8. The van der Waals surface area contributed by atoms with Gasteiger partial charge in [0.25, 0.3) is 0 Å². The molecule has 6 heteroatoms. The summed E-state index contributed by atoms with van der Waals surface area (Å²) in [6.45, 7) is 0.716. The van der Waals surface area contributed by atoms with Crippen LogP contribution in [0.15, 0.2) is 42.7 Å². The second-order valence-corrected chi connectivity index (χ2v) is 5.45. The average molecular weight is 300 g/mol.